The normalized spacial score (nSPS) is 11.2. The van der Waals surface area contributed by atoms with Gasteiger partial charge >= 0.3 is 0 Å². The Morgan fingerprint density at radius 1 is 1.36 bits per heavy atom. The molecular weight excluding hydrogens is 196 g/mol. The first-order valence-corrected chi connectivity index (χ1v) is 6.18. The quantitative estimate of drug-likeness (QED) is 0.714. The maximum absolute atomic E-state index is 11.7. The summed E-state index contributed by atoms with van der Waals surface area (Å²) in [5, 5.41) is 0. The zero-order chi connectivity index (χ0) is 10.6. The zero-order valence-electron chi connectivity index (χ0n) is 8.23. The number of hydrogen-bond acceptors (Lipinski definition) is 2. The summed E-state index contributed by atoms with van der Waals surface area (Å²) in [5.74, 6) is 0.00398. The van der Waals surface area contributed by atoms with Crippen LogP contribution in [-0.2, 0) is 16.3 Å². The zero-order valence-corrected chi connectivity index (χ0v) is 9.05. The Kier molecular flexibility index (Phi) is 3.47. The molecule has 0 radical (unpaired) electrons. The molecule has 1 aromatic rings. The lowest BCUT2D eigenvalue weighted by Crippen LogP contribution is -2.07. The van der Waals surface area contributed by atoms with Crippen molar-refractivity contribution in [3.63, 3.8) is 0 Å². The fourth-order valence-electron chi connectivity index (χ4n) is 1.34. The van der Waals surface area contributed by atoms with E-state index in [1.165, 1.54) is 6.08 Å². The third kappa shape index (κ3) is 2.23. The Bertz CT molecular complexity index is 419. The maximum Gasteiger partial charge on any atom is 0.182 e. The van der Waals surface area contributed by atoms with E-state index in [1.807, 2.05) is 19.1 Å². The van der Waals surface area contributed by atoms with Crippen molar-refractivity contribution >= 4 is 9.84 Å². The number of sulfone groups is 1. The highest BCUT2D eigenvalue weighted by molar-refractivity contribution is 7.91. The maximum atomic E-state index is 11.7. The molecule has 0 unspecified atom stereocenters. The van der Waals surface area contributed by atoms with E-state index < -0.39 is 9.84 Å². The van der Waals surface area contributed by atoms with Crippen molar-refractivity contribution in [2.75, 3.05) is 5.75 Å². The van der Waals surface area contributed by atoms with E-state index in [1.54, 1.807) is 12.1 Å². The van der Waals surface area contributed by atoms with Crippen molar-refractivity contribution in [3.8, 4) is 0 Å². The van der Waals surface area contributed by atoms with Gasteiger partial charge in [0.05, 0.1) is 10.6 Å². The molecule has 0 N–H and O–H groups in total. The average Bonchev–Trinajstić information content (AvgIpc) is 2.18. The average molecular weight is 210 g/mol. The van der Waals surface area contributed by atoms with Gasteiger partial charge in [0.1, 0.15) is 0 Å². The molecule has 0 fully saturated rings. The highest BCUT2D eigenvalue weighted by Gasteiger charge is 2.14. The summed E-state index contributed by atoms with van der Waals surface area (Å²) in [6.45, 7) is 5.39. The summed E-state index contributed by atoms with van der Waals surface area (Å²) in [6.07, 6.45) is 2.15. The summed E-state index contributed by atoms with van der Waals surface area (Å²) in [6, 6.07) is 7.09. The number of rotatable bonds is 4. The second-order valence-electron chi connectivity index (χ2n) is 3.03. The van der Waals surface area contributed by atoms with Crippen molar-refractivity contribution in [1.29, 1.82) is 0 Å². The van der Waals surface area contributed by atoms with Crippen LogP contribution in [0, 0.1) is 0 Å². The standard InChI is InChI=1S/C11H14O2S/c1-3-9-14(12,13)11-8-6-5-7-10(11)4-2/h3,5-8H,1,4,9H2,2H3. The van der Waals surface area contributed by atoms with Crippen LogP contribution in [0.5, 0.6) is 0 Å². The number of aryl methyl sites for hydroxylation is 1. The number of hydrogen-bond donors (Lipinski definition) is 0. The van der Waals surface area contributed by atoms with Crippen molar-refractivity contribution in [1.82, 2.24) is 0 Å². The van der Waals surface area contributed by atoms with Gasteiger partial charge in [0.15, 0.2) is 9.84 Å². The Labute approximate surface area is 85.2 Å². The predicted octanol–water partition coefficient (Wildman–Crippen LogP) is 2.21. The lowest BCUT2D eigenvalue weighted by molar-refractivity contribution is 0.598. The van der Waals surface area contributed by atoms with E-state index >= 15 is 0 Å². The van der Waals surface area contributed by atoms with Gasteiger partial charge in [-0.1, -0.05) is 31.2 Å². The molecule has 0 amide bonds. The fraction of sp³-hybridized carbons (Fsp3) is 0.273. The van der Waals surface area contributed by atoms with E-state index in [2.05, 4.69) is 6.58 Å². The molecule has 0 aliphatic carbocycles. The second kappa shape index (κ2) is 4.42. The van der Waals surface area contributed by atoms with Gasteiger partial charge in [-0.15, -0.1) is 6.58 Å². The van der Waals surface area contributed by atoms with Crippen LogP contribution in [0.15, 0.2) is 41.8 Å². The third-order valence-electron chi connectivity index (χ3n) is 2.03. The van der Waals surface area contributed by atoms with Gasteiger partial charge in [-0.25, -0.2) is 8.42 Å². The summed E-state index contributed by atoms with van der Waals surface area (Å²) < 4.78 is 23.5. The molecule has 1 aromatic carbocycles. The van der Waals surface area contributed by atoms with Crippen LogP contribution < -0.4 is 0 Å². The van der Waals surface area contributed by atoms with Gasteiger partial charge in [-0.2, -0.15) is 0 Å². The minimum atomic E-state index is -3.17. The lowest BCUT2D eigenvalue weighted by Gasteiger charge is -2.06. The molecule has 0 saturated heterocycles. The van der Waals surface area contributed by atoms with E-state index in [0.29, 0.717) is 4.90 Å². The van der Waals surface area contributed by atoms with Crippen molar-refractivity contribution in [3.05, 3.63) is 42.5 Å². The van der Waals surface area contributed by atoms with Gasteiger partial charge in [-0.05, 0) is 18.1 Å². The topological polar surface area (TPSA) is 34.1 Å². The molecule has 14 heavy (non-hydrogen) atoms. The molecule has 0 aromatic heterocycles. The molecule has 0 spiro atoms. The second-order valence-corrected chi connectivity index (χ2v) is 5.03. The van der Waals surface area contributed by atoms with Crippen molar-refractivity contribution in [2.45, 2.75) is 18.2 Å². The minimum absolute atomic E-state index is 0.00398. The van der Waals surface area contributed by atoms with Gasteiger partial charge in [0.2, 0.25) is 0 Å². The van der Waals surface area contributed by atoms with Gasteiger partial charge in [0.25, 0.3) is 0 Å². The van der Waals surface area contributed by atoms with Crippen molar-refractivity contribution in [2.24, 2.45) is 0 Å². The third-order valence-corrected chi connectivity index (χ3v) is 3.77. The van der Waals surface area contributed by atoms with Crippen LogP contribution in [0.4, 0.5) is 0 Å². The van der Waals surface area contributed by atoms with E-state index in [9.17, 15) is 8.42 Å². The minimum Gasteiger partial charge on any atom is -0.223 e. The predicted molar refractivity (Wildman–Crippen MR) is 58.1 cm³/mol. The summed E-state index contributed by atoms with van der Waals surface area (Å²) in [5.41, 5.74) is 0.870. The van der Waals surface area contributed by atoms with Crippen LogP contribution in [0.1, 0.15) is 12.5 Å². The summed E-state index contributed by atoms with van der Waals surface area (Å²) in [4.78, 5) is 0.433. The fourth-order valence-corrected chi connectivity index (χ4v) is 2.73. The lowest BCUT2D eigenvalue weighted by atomic mass is 10.2. The largest absolute Gasteiger partial charge is 0.223 e. The Hall–Kier alpha value is -1.09. The highest BCUT2D eigenvalue weighted by Crippen LogP contribution is 2.17. The molecule has 0 atom stereocenters. The number of benzene rings is 1. The molecule has 0 aliphatic heterocycles. The first kappa shape index (κ1) is 11.0. The molecule has 76 valence electrons. The van der Waals surface area contributed by atoms with E-state index in [0.717, 1.165) is 12.0 Å². The van der Waals surface area contributed by atoms with Gasteiger partial charge in [0, 0.05) is 0 Å². The Morgan fingerprint density at radius 2 is 2.00 bits per heavy atom. The molecule has 2 nitrogen and oxygen atoms in total. The highest BCUT2D eigenvalue weighted by atomic mass is 32.2. The monoisotopic (exact) mass is 210 g/mol. The Balaban J connectivity index is 3.24. The summed E-state index contributed by atoms with van der Waals surface area (Å²) >= 11 is 0. The van der Waals surface area contributed by atoms with Gasteiger partial charge < -0.3 is 0 Å². The summed E-state index contributed by atoms with van der Waals surface area (Å²) in [7, 11) is -3.17. The molecule has 3 heteroatoms. The van der Waals surface area contributed by atoms with E-state index in [-0.39, 0.29) is 5.75 Å². The van der Waals surface area contributed by atoms with E-state index in [4.69, 9.17) is 0 Å². The molecule has 0 aliphatic rings. The van der Waals surface area contributed by atoms with Crippen LogP contribution in [0.25, 0.3) is 0 Å². The van der Waals surface area contributed by atoms with Gasteiger partial charge in [-0.3, -0.25) is 0 Å². The van der Waals surface area contributed by atoms with Crippen LogP contribution >= 0.6 is 0 Å². The molecule has 0 heterocycles. The first-order chi connectivity index (χ1) is 6.61. The van der Waals surface area contributed by atoms with Crippen LogP contribution in [0.2, 0.25) is 0 Å². The van der Waals surface area contributed by atoms with Crippen LogP contribution in [0.3, 0.4) is 0 Å². The SMILES string of the molecule is C=CCS(=O)(=O)c1ccccc1CC. The van der Waals surface area contributed by atoms with Crippen molar-refractivity contribution < 1.29 is 8.42 Å². The molecular formula is C11H14O2S. The smallest absolute Gasteiger partial charge is 0.182 e. The molecule has 0 bridgehead atoms. The molecule has 0 saturated carbocycles. The molecule has 1 rings (SSSR count). The first-order valence-electron chi connectivity index (χ1n) is 4.53. The van der Waals surface area contributed by atoms with Crippen LogP contribution in [-0.4, -0.2) is 14.2 Å². The Morgan fingerprint density at radius 3 is 2.57 bits per heavy atom.